The second-order valence-electron chi connectivity index (χ2n) is 4.25. The Morgan fingerprint density at radius 3 is 3.06 bits per heavy atom. The van der Waals surface area contributed by atoms with Crippen LogP contribution in [0.15, 0.2) is 18.2 Å². The molecule has 0 bridgehead atoms. The van der Waals surface area contributed by atoms with Crippen molar-refractivity contribution < 1.29 is 13.9 Å². The van der Waals surface area contributed by atoms with Crippen LogP contribution in [0.4, 0.5) is 10.1 Å². The number of hydrazine groups is 1. The van der Waals surface area contributed by atoms with Gasteiger partial charge < -0.3 is 15.5 Å². The van der Waals surface area contributed by atoms with Gasteiger partial charge in [0.15, 0.2) is 0 Å². The van der Waals surface area contributed by atoms with Crippen LogP contribution in [0.3, 0.4) is 0 Å². The van der Waals surface area contributed by atoms with Crippen molar-refractivity contribution in [2.45, 2.75) is 6.42 Å². The third-order valence-electron chi connectivity index (χ3n) is 2.98. The zero-order valence-electron chi connectivity index (χ0n) is 9.91. The molecule has 18 heavy (non-hydrogen) atoms. The number of carbonyl (C=O) groups is 1. The summed E-state index contributed by atoms with van der Waals surface area (Å²) in [7, 11) is 0. The molecule has 1 unspecified atom stereocenters. The van der Waals surface area contributed by atoms with E-state index in [1.54, 1.807) is 0 Å². The maximum atomic E-state index is 13.4. The van der Waals surface area contributed by atoms with E-state index in [-0.39, 0.29) is 17.2 Å². The highest BCUT2D eigenvalue weighted by atomic mass is 19.1. The number of nitrogens with one attached hydrogen (secondary N) is 2. The Morgan fingerprint density at radius 2 is 2.39 bits per heavy atom. The van der Waals surface area contributed by atoms with E-state index >= 15 is 0 Å². The summed E-state index contributed by atoms with van der Waals surface area (Å²) in [6, 6.07) is 4.25. The van der Waals surface area contributed by atoms with Crippen molar-refractivity contribution >= 4 is 11.6 Å². The molecule has 2 rings (SSSR count). The lowest BCUT2D eigenvalue weighted by molar-refractivity contribution is 0.0945. The van der Waals surface area contributed by atoms with Gasteiger partial charge in [0, 0.05) is 19.1 Å². The normalized spacial score (nSPS) is 18.7. The van der Waals surface area contributed by atoms with Crippen LogP contribution in [0.1, 0.15) is 16.8 Å². The smallest absolute Gasteiger partial charge is 0.253 e. The zero-order valence-corrected chi connectivity index (χ0v) is 9.91. The first-order valence-electron chi connectivity index (χ1n) is 5.83. The minimum absolute atomic E-state index is 0.0117. The van der Waals surface area contributed by atoms with E-state index in [2.05, 4.69) is 10.7 Å². The van der Waals surface area contributed by atoms with Crippen LogP contribution in [0.25, 0.3) is 0 Å². The van der Waals surface area contributed by atoms with Crippen molar-refractivity contribution in [2.24, 2.45) is 11.8 Å². The third-order valence-corrected chi connectivity index (χ3v) is 2.98. The van der Waals surface area contributed by atoms with E-state index in [0.717, 1.165) is 13.0 Å². The number of benzene rings is 1. The molecule has 5 nitrogen and oxygen atoms in total. The molecule has 0 spiro atoms. The number of anilines is 1. The molecule has 1 amide bonds. The first-order chi connectivity index (χ1) is 8.72. The molecule has 0 aromatic heterocycles. The minimum atomic E-state index is -0.547. The molecule has 4 N–H and O–H groups in total. The summed E-state index contributed by atoms with van der Waals surface area (Å²) in [4.78, 5) is 11.9. The molecule has 98 valence electrons. The van der Waals surface area contributed by atoms with Gasteiger partial charge in [-0.1, -0.05) is 6.07 Å². The maximum Gasteiger partial charge on any atom is 0.253 e. The predicted molar refractivity (Wildman–Crippen MR) is 65.5 cm³/mol. The van der Waals surface area contributed by atoms with Gasteiger partial charge in [-0.3, -0.25) is 10.6 Å². The average Bonchev–Trinajstić information content (AvgIpc) is 2.88. The number of hydrogen-bond acceptors (Lipinski definition) is 4. The highest BCUT2D eigenvalue weighted by Crippen LogP contribution is 2.18. The van der Waals surface area contributed by atoms with Crippen molar-refractivity contribution in [2.75, 3.05) is 25.2 Å². The maximum absolute atomic E-state index is 13.4. The van der Waals surface area contributed by atoms with Gasteiger partial charge in [-0.05, 0) is 18.6 Å². The molecule has 0 radical (unpaired) electrons. The summed E-state index contributed by atoms with van der Waals surface area (Å²) < 4.78 is 18.6. The van der Waals surface area contributed by atoms with Crippen molar-refractivity contribution in [3.05, 3.63) is 29.6 Å². The van der Waals surface area contributed by atoms with Crippen LogP contribution >= 0.6 is 0 Å². The highest BCUT2D eigenvalue weighted by Gasteiger charge is 2.18. The van der Waals surface area contributed by atoms with Gasteiger partial charge in [-0.15, -0.1) is 0 Å². The summed E-state index contributed by atoms with van der Waals surface area (Å²) >= 11 is 0. The van der Waals surface area contributed by atoms with Gasteiger partial charge in [0.05, 0.1) is 17.9 Å². The van der Waals surface area contributed by atoms with Crippen molar-refractivity contribution in [3.8, 4) is 0 Å². The fourth-order valence-electron chi connectivity index (χ4n) is 1.94. The SMILES string of the molecule is NNc1c(F)cccc1C(=O)NCC1CCOC1. The van der Waals surface area contributed by atoms with Crippen LogP contribution in [-0.2, 0) is 4.74 Å². The Morgan fingerprint density at radius 1 is 1.56 bits per heavy atom. The lowest BCUT2D eigenvalue weighted by Crippen LogP contribution is -2.30. The van der Waals surface area contributed by atoms with Crippen LogP contribution in [0.5, 0.6) is 0 Å². The summed E-state index contributed by atoms with van der Waals surface area (Å²) in [5.74, 6) is 4.66. The molecular weight excluding hydrogens is 237 g/mol. The van der Waals surface area contributed by atoms with Crippen LogP contribution < -0.4 is 16.6 Å². The highest BCUT2D eigenvalue weighted by molar-refractivity contribution is 5.99. The summed E-state index contributed by atoms with van der Waals surface area (Å²) in [6.07, 6.45) is 0.936. The van der Waals surface area contributed by atoms with E-state index in [4.69, 9.17) is 10.6 Å². The fourth-order valence-corrected chi connectivity index (χ4v) is 1.94. The Hall–Kier alpha value is -1.66. The van der Waals surface area contributed by atoms with Gasteiger partial charge in [0.25, 0.3) is 5.91 Å². The molecule has 1 aliphatic rings. The molecular formula is C12H16FN3O2. The summed E-state index contributed by atoms with van der Waals surface area (Å²) in [5.41, 5.74) is 2.43. The molecule has 6 heteroatoms. The molecule has 1 aliphatic heterocycles. The van der Waals surface area contributed by atoms with E-state index < -0.39 is 5.82 Å². The Bertz CT molecular complexity index is 433. The van der Waals surface area contributed by atoms with Crippen molar-refractivity contribution in [1.82, 2.24) is 5.32 Å². The second-order valence-corrected chi connectivity index (χ2v) is 4.25. The van der Waals surface area contributed by atoms with Gasteiger partial charge in [-0.2, -0.15) is 0 Å². The number of nitrogens with two attached hydrogens (primary N) is 1. The molecule has 1 fully saturated rings. The number of para-hydroxylation sites is 1. The van der Waals surface area contributed by atoms with Gasteiger partial charge in [0.2, 0.25) is 0 Å². The first kappa shape index (κ1) is 12.8. The predicted octanol–water partition coefficient (Wildman–Crippen LogP) is 0.878. The standard InChI is InChI=1S/C12H16FN3O2/c13-10-3-1-2-9(11(10)16-14)12(17)15-6-8-4-5-18-7-8/h1-3,8,16H,4-7,14H2,(H,15,17). The largest absolute Gasteiger partial charge is 0.381 e. The number of carbonyl (C=O) groups excluding carboxylic acids is 1. The molecule has 1 aromatic rings. The summed E-state index contributed by atoms with van der Waals surface area (Å²) in [5, 5.41) is 2.76. The number of hydrogen-bond donors (Lipinski definition) is 3. The average molecular weight is 253 g/mol. The third kappa shape index (κ3) is 2.77. The minimum Gasteiger partial charge on any atom is -0.381 e. The fraction of sp³-hybridized carbons (Fsp3) is 0.417. The van der Waals surface area contributed by atoms with Gasteiger partial charge in [-0.25, -0.2) is 4.39 Å². The van der Waals surface area contributed by atoms with Crippen LogP contribution in [0, 0.1) is 11.7 Å². The van der Waals surface area contributed by atoms with E-state index in [1.165, 1.54) is 18.2 Å². The number of amides is 1. The molecule has 1 heterocycles. The molecule has 1 saturated heterocycles. The monoisotopic (exact) mass is 253 g/mol. The Labute approximate surface area is 104 Å². The van der Waals surface area contributed by atoms with Gasteiger partial charge >= 0.3 is 0 Å². The quantitative estimate of drug-likeness (QED) is 0.550. The lowest BCUT2D eigenvalue weighted by Gasteiger charge is -2.12. The lowest BCUT2D eigenvalue weighted by atomic mass is 10.1. The molecule has 1 atom stereocenters. The number of ether oxygens (including phenoxy) is 1. The zero-order chi connectivity index (χ0) is 13.0. The van der Waals surface area contributed by atoms with Crippen molar-refractivity contribution in [3.63, 3.8) is 0 Å². The van der Waals surface area contributed by atoms with Crippen molar-refractivity contribution in [1.29, 1.82) is 0 Å². The number of rotatable bonds is 4. The van der Waals surface area contributed by atoms with Crippen LogP contribution in [0.2, 0.25) is 0 Å². The Balaban J connectivity index is 2.01. The van der Waals surface area contributed by atoms with Gasteiger partial charge in [0.1, 0.15) is 5.82 Å². The Kier molecular flexibility index (Phi) is 4.11. The molecule has 0 saturated carbocycles. The van der Waals surface area contributed by atoms with E-state index in [0.29, 0.717) is 19.1 Å². The second kappa shape index (κ2) is 5.79. The van der Waals surface area contributed by atoms with Crippen LogP contribution in [-0.4, -0.2) is 25.7 Å². The number of nitrogen functional groups attached to an aromatic ring is 1. The summed E-state index contributed by atoms with van der Waals surface area (Å²) in [6.45, 7) is 1.92. The number of halogens is 1. The molecule has 0 aliphatic carbocycles. The topological polar surface area (TPSA) is 76.4 Å². The van der Waals surface area contributed by atoms with E-state index in [1.807, 2.05) is 0 Å². The molecule has 1 aromatic carbocycles. The first-order valence-corrected chi connectivity index (χ1v) is 5.83. The van der Waals surface area contributed by atoms with E-state index in [9.17, 15) is 9.18 Å².